The van der Waals surface area contributed by atoms with Crippen molar-refractivity contribution in [1.29, 1.82) is 0 Å². The first-order chi connectivity index (χ1) is 16.5. The number of benzene rings is 2. The van der Waals surface area contributed by atoms with Crippen LogP contribution in [0.1, 0.15) is 66.2 Å². The van der Waals surface area contributed by atoms with Gasteiger partial charge in [0.2, 0.25) is 0 Å². The number of nitrogens with one attached hydrogen (secondary N) is 1. The Bertz CT molecular complexity index is 1170. The standard InChI is InChI=1S/C26H28ClFN4O2/c1-2-4-22(17-5-3-6-19(27)13-17)32-26(33)20-8-7-18(14-21(20)28)24-25(29)30-15-23(31-24)16-9-11-34-12-10-16/h3,5-8,13-16,22H,2,4,9-12H2,1H3,(H2,29,30)(H,32,33)/t22-/m1/s1. The SMILES string of the molecule is CCC[C@@H](NC(=O)c1ccc(-c2nc(C3CCOCC3)cnc2N)cc1F)c1cccc(Cl)c1. The summed E-state index contributed by atoms with van der Waals surface area (Å²) < 4.78 is 20.5. The van der Waals surface area contributed by atoms with E-state index in [1.54, 1.807) is 18.3 Å². The Morgan fingerprint density at radius 3 is 2.76 bits per heavy atom. The molecule has 1 amide bonds. The van der Waals surface area contributed by atoms with Gasteiger partial charge in [0.1, 0.15) is 17.3 Å². The van der Waals surface area contributed by atoms with Crippen molar-refractivity contribution >= 4 is 23.3 Å². The summed E-state index contributed by atoms with van der Waals surface area (Å²) in [6.07, 6.45) is 4.95. The van der Waals surface area contributed by atoms with E-state index in [0.29, 0.717) is 35.9 Å². The van der Waals surface area contributed by atoms with Crippen LogP contribution in [0.3, 0.4) is 0 Å². The van der Waals surface area contributed by atoms with Gasteiger partial charge in [-0.25, -0.2) is 14.4 Å². The molecule has 34 heavy (non-hydrogen) atoms. The van der Waals surface area contributed by atoms with Gasteiger partial charge < -0.3 is 15.8 Å². The molecule has 0 bridgehead atoms. The van der Waals surface area contributed by atoms with Crippen LogP contribution in [0.25, 0.3) is 11.3 Å². The average Bonchev–Trinajstić information content (AvgIpc) is 2.84. The zero-order chi connectivity index (χ0) is 24.1. The number of hydrogen-bond acceptors (Lipinski definition) is 5. The fourth-order valence-electron chi connectivity index (χ4n) is 4.23. The van der Waals surface area contributed by atoms with Crippen LogP contribution in [0.5, 0.6) is 0 Å². The predicted octanol–water partition coefficient (Wildman–Crippen LogP) is 5.68. The molecule has 0 saturated carbocycles. The quantitative estimate of drug-likeness (QED) is 0.452. The van der Waals surface area contributed by atoms with E-state index in [2.05, 4.69) is 15.3 Å². The zero-order valence-corrected chi connectivity index (χ0v) is 19.8. The molecule has 0 radical (unpaired) electrons. The second-order valence-electron chi connectivity index (χ2n) is 8.48. The van der Waals surface area contributed by atoms with Gasteiger partial charge in [-0.2, -0.15) is 0 Å². The molecule has 1 saturated heterocycles. The van der Waals surface area contributed by atoms with Crippen molar-refractivity contribution in [2.45, 2.75) is 44.6 Å². The van der Waals surface area contributed by atoms with Crippen molar-refractivity contribution in [2.24, 2.45) is 0 Å². The molecule has 0 unspecified atom stereocenters. The highest BCUT2D eigenvalue weighted by Crippen LogP contribution is 2.30. The van der Waals surface area contributed by atoms with Gasteiger partial charge >= 0.3 is 0 Å². The number of ether oxygens (including phenoxy) is 1. The molecule has 4 rings (SSSR count). The van der Waals surface area contributed by atoms with E-state index in [4.69, 9.17) is 22.1 Å². The van der Waals surface area contributed by atoms with Crippen LogP contribution in [0.2, 0.25) is 5.02 Å². The van der Waals surface area contributed by atoms with Crippen molar-refractivity contribution in [3.05, 3.63) is 76.3 Å². The number of carbonyl (C=O) groups excluding carboxylic acids is 1. The smallest absolute Gasteiger partial charge is 0.254 e. The lowest BCUT2D eigenvalue weighted by molar-refractivity contribution is 0.0844. The van der Waals surface area contributed by atoms with Crippen molar-refractivity contribution in [1.82, 2.24) is 15.3 Å². The third kappa shape index (κ3) is 5.54. The maximum Gasteiger partial charge on any atom is 0.254 e. The number of nitrogens with two attached hydrogens (primary N) is 1. The minimum atomic E-state index is -0.644. The second-order valence-corrected chi connectivity index (χ2v) is 8.92. The molecule has 6 nitrogen and oxygen atoms in total. The van der Waals surface area contributed by atoms with E-state index < -0.39 is 11.7 Å². The van der Waals surface area contributed by atoms with Crippen molar-refractivity contribution < 1.29 is 13.9 Å². The fourth-order valence-corrected chi connectivity index (χ4v) is 4.43. The summed E-state index contributed by atoms with van der Waals surface area (Å²) in [6, 6.07) is 11.5. The van der Waals surface area contributed by atoms with Gasteiger partial charge in [-0.15, -0.1) is 0 Å². The van der Waals surface area contributed by atoms with Crippen LogP contribution in [0, 0.1) is 5.82 Å². The lowest BCUT2D eigenvalue weighted by Crippen LogP contribution is -2.29. The zero-order valence-electron chi connectivity index (χ0n) is 19.1. The molecule has 0 spiro atoms. The van der Waals surface area contributed by atoms with E-state index in [9.17, 15) is 4.79 Å². The first-order valence-electron chi connectivity index (χ1n) is 11.5. The highest BCUT2D eigenvalue weighted by molar-refractivity contribution is 6.30. The Morgan fingerprint density at radius 2 is 2.06 bits per heavy atom. The van der Waals surface area contributed by atoms with Crippen LogP contribution in [0.4, 0.5) is 10.2 Å². The molecular weight excluding hydrogens is 455 g/mol. The van der Waals surface area contributed by atoms with Gasteiger partial charge in [0.25, 0.3) is 5.91 Å². The minimum absolute atomic E-state index is 0.0426. The predicted molar refractivity (Wildman–Crippen MR) is 131 cm³/mol. The highest BCUT2D eigenvalue weighted by atomic mass is 35.5. The third-order valence-corrected chi connectivity index (χ3v) is 6.31. The molecule has 1 aliphatic heterocycles. The number of hydrogen-bond donors (Lipinski definition) is 2. The number of aromatic nitrogens is 2. The van der Waals surface area contributed by atoms with Gasteiger partial charge in [-0.05, 0) is 49.1 Å². The van der Waals surface area contributed by atoms with Crippen molar-refractivity contribution in [2.75, 3.05) is 18.9 Å². The molecule has 178 valence electrons. The number of halogens is 2. The molecule has 0 aliphatic carbocycles. The highest BCUT2D eigenvalue weighted by Gasteiger charge is 2.22. The fraction of sp³-hybridized carbons (Fsp3) is 0.346. The van der Waals surface area contributed by atoms with E-state index in [1.807, 2.05) is 25.1 Å². The number of carbonyl (C=O) groups is 1. The number of nitrogen functional groups attached to an aromatic ring is 1. The molecule has 2 heterocycles. The summed E-state index contributed by atoms with van der Waals surface area (Å²) in [4.78, 5) is 21.9. The maximum absolute atomic E-state index is 15.1. The normalized spacial score (nSPS) is 15.1. The first-order valence-corrected chi connectivity index (χ1v) is 11.9. The largest absolute Gasteiger partial charge is 0.382 e. The lowest BCUT2D eigenvalue weighted by Gasteiger charge is -2.22. The van der Waals surface area contributed by atoms with E-state index >= 15 is 4.39 Å². The van der Waals surface area contributed by atoms with Gasteiger partial charge in [-0.1, -0.05) is 43.1 Å². The Balaban J connectivity index is 1.56. The molecule has 2 aromatic carbocycles. The second kappa shape index (κ2) is 10.9. The van der Waals surface area contributed by atoms with Gasteiger partial charge in [0, 0.05) is 29.7 Å². The van der Waals surface area contributed by atoms with Gasteiger partial charge in [0.15, 0.2) is 0 Å². The lowest BCUT2D eigenvalue weighted by atomic mass is 9.96. The summed E-state index contributed by atoms with van der Waals surface area (Å²) in [5.41, 5.74) is 8.62. The van der Waals surface area contributed by atoms with Crippen LogP contribution in [-0.4, -0.2) is 29.1 Å². The monoisotopic (exact) mass is 482 g/mol. The number of rotatable bonds is 7. The van der Waals surface area contributed by atoms with Crippen LogP contribution in [-0.2, 0) is 4.74 Å². The van der Waals surface area contributed by atoms with Gasteiger partial charge in [0.05, 0.1) is 23.5 Å². The summed E-state index contributed by atoms with van der Waals surface area (Å²) in [7, 11) is 0. The van der Waals surface area contributed by atoms with Crippen LogP contribution >= 0.6 is 11.6 Å². The van der Waals surface area contributed by atoms with Crippen molar-refractivity contribution in [3.8, 4) is 11.3 Å². The van der Waals surface area contributed by atoms with Crippen LogP contribution < -0.4 is 11.1 Å². The Morgan fingerprint density at radius 1 is 1.26 bits per heavy atom. The summed E-state index contributed by atoms with van der Waals surface area (Å²) in [5, 5.41) is 3.53. The van der Waals surface area contributed by atoms with Gasteiger partial charge in [-0.3, -0.25) is 4.79 Å². The Hall–Kier alpha value is -3.03. The van der Waals surface area contributed by atoms with E-state index in [0.717, 1.165) is 30.5 Å². The molecule has 8 heteroatoms. The summed E-state index contributed by atoms with van der Waals surface area (Å²) in [5.74, 6) is -0.680. The van der Waals surface area contributed by atoms with E-state index in [1.165, 1.54) is 12.1 Å². The number of nitrogens with zero attached hydrogens (tertiary/aromatic N) is 2. The molecule has 1 fully saturated rings. The molecule has 3 aromatic rings. The molecule has 1 atom stereocenters. The van der Waals surface area contributed by atoms with Crippen molar-refractivity contribution in [3.63, 3.8) is 0 Å². The Kier molecular flexibility index (Phi) is 7.75. The number of anilines is 1. The molecule has 3 N–H and O–H groups in total. The van der Waals surface area contributed by atoms with E-state index in [-0.39, 0.29) is 23.3 Å². The molecule has 1 aromatic heterocycles. The average molecular weight is 483 g/mol. The molecule has 1 aliphatic rings. The topological polar surface area (TPSA) is 90.1 Å². The number of amides is 1. The minimum Gasteiger partial charge on any atom is -0.382 e. The first kappa shape index (κ1) is 24.1. The van der Waals surface area contributed by atoms with Crippen LogP contribution in [0.15, 0.2) is 48.7 Å². The maximum atomic E-state index is 15.1. The summed E-state index contributed by atoms with van der Waals surface area (Å²) in [6.45, 7) is 3.39. The molecular formula is C26H28ClFN4O2. The summed E-state index contributed by atoms with van der Waals surface area (Å²) >= 11 is 6.12. The third-order valence-electron chi connectivity index (χ3n) is 6.08. The Labute approximate surface area is 203 Å².